The Morgan fingerprint density at radius 3 is 2.74 bits per heavy atom. The fourth-order valence-electron chi connectivity index (χ4n) is 2.45. The Hall–Kier alpha value is -3.36. The lowest BCUT2D eigenvalue weighted by molar-refractivity contribution is -0.112. The van der Waals surface area contributed by atoms with Crippen molar-refractivity contribution in [2.24, 2.45) is 0 Å². The van der Waals surface area contributed by atoms with Crippen molar-refractivity contribution in [3.05, 3.63) is 82.3 Å². The third-order valence-electron chi connectivity index (χ3n) is 3.76. The van der Waals surface area contributed by atoms with Crippen molar-refractivity contribution in [3.8, 4) is 17.4 Å². The molecule has 134 valence electrons. The molecule has 3 rings (SSSR count). The average Bonchev–Trinajstić information content (AvgIpc) is 3.10. The summed E-state index contributed by atoms with van der Waals surface area (Å²) in [6.07, 6.45) is 1.35. The van der Waals surface area contributed by atoms with Crippen LogP contribution in [0, 0.1) is 24.1 Å². The zero-order valence-corrected chi connectivity index (χ0v) is 15.0. The number of nitriles is 1. The van der Waals surface area contributed by atoms with E-state index in [0.29, 0.717) is 22.8 Å². The highest BCUT2D eigenvalue weighted by molar-refractivity contribution is 6.31. The predicted octanol–water partition coefficient (Wildman–Crippen LogP) is 5.59. The van der Waals surface area contributed by atoms with Crippen LogP contribution in [0.1, 0.15) is 11.3 Å². The molecule has 0 aliphatic rings. The Morgan fingerprint density at radius 1 is 1.22 bits per heavy atom. The van der Waals surface area contributed by atoms with Crippen LogP contribution in [0.4, 0.5) is 10.1 Å². The molecule has 0 fully saturated rings. The van der Waals surface area contributed by atoms with Crippen molar-refractivity contribution in [1.82, 2.24) is 0 Å². The van der Waals surface area contributed by atoms with Crippen LogP contribution >= 0.6 is 11.6 Å². The predicted molar refractivity (Wildman–Crippen MR) is 103 cm³/mol. The van der Waals surface area contributed by atoms with Crippen LogP contribution in [0.2, 0.25) is 5.02 Å². The number of halogens is 2. The maximum absolute atomic E-state index is 13.3. The Morgan fingerprint density at radius 2 is 2.04 bits per heavy atom. The van der Waals surface area contributed by atoms with Crippen molar-refractivity contribution in [1.29, 1.82) is 5.26 Å². The van der Waals surface area contributed by atoms with Gasteiger partial charge in [-0.05, 0) is 55.0 Å². The molecule has 4 nitrogen and oxygen atoms in total. The van der Waals surface area contributed by atoms with Crippen LogP contribution in [-0.2, 0) is 4.79 Å². The summed E-state index contributed by atoms with van der Waals surface area (Å²) in [6, 6.07) is 16.6. The van der Waals surface area contributed by atoms with Gasteiger partial charge in [-0.15, -0.1) is 0 Å². The summed E-state index contributed by atoms with van der Waals surface area (Å²) in [5, 5.41) is 12.0. The van der Waals surface area contributed by atoms with Gasteiger partial charge in [-0.25, -0.2) is 4.39 Å². The van der Waals surface area contributed by atoms with Crippen LogP contribution < -0.4 is 5.32 Å². The highest BCUT2D eigenvalue weighted by Gasteiger charge is 2.12. The number of nitrogens with zero attached hydrogens (tertiary/aromatic N) is 1. The molecule has 1 amide bonds. The van der Waals surface area contributed by atoms with Crippen LogP contribution in [-0.4, -0.2) is 5.91 Å². The molecular weight excluding hydrogens is 367 g/mol. The van der Waals surface area contributed by atoms with E-state index in [1.807, 2.05) is 25.1 Å². The van der Waals surface area contributed by atoms with Gasteiger partial charge >= 0.3 is 0 Å². The monoisotopic (exact) mass is 380 g/mol. The lowest BCUT2D eigenvalue weighted by Gasteiger charge is -2.04. The number of amides is 1. The molecule has 0 radical (unpaired) electrons. The van der Waals surface area contributed by atoms with Gasteiger partial charge < -0.3 is 9.73 Å². The number of carbonyl (C=O) groups excluding carboxylic acids is 1. The topological polar surface area (TPSA) is 66.0 Å². The van der Waals surface area contributed by atoms with E-state index in [0.717, 1.165) is 5.56 Å². The van der Waals surface area contributed by atoms with Gasteiger partial charge in [0.05, 0.1) is 5.02 Å². The van der Waals surface area contributed by atoms with Crippen LogP contribution in [0.5, 0.6) is 0 Å². The molecule has 2 aromatic carbocycles. The lowest BCUT2D eigenvalue weighted by atomic mass is 10.2. The van der Waals surface area contributed by atoms with Crippen molar-refractivity contribution < 1.29 is 13.6 Å². The lowest BCUT2D eigenvalue weighted by Crippen LogP contribution is -2.13. The average molecular weight is 381 g/mol. The first-order chi connectivity index (χ1) is 13.0. The number of carbonyl (C=O) groups is 1. The quantitative estimate of drug-likeness (QED) is 0.473. The molecule has 0 spiro atoms. The van der Waals surface area contributed by atoms with Crippen molar-refractivity contribution >= 4 is 29.3 Å². The molecule has 0 unspecified atom stereocenters. The van der Waals surface area contributed by atoms with Crippen molar-refractivity contribution in [3.63, 3.8) is 0 Å². The first-order valence-corrected chi connectivity index (χ1v) is 8.39. The molecule has 6 heteroatoms. The Labute approximate surface area is 160 Å². The smallest absolute Gasteiger partial charge is 0.266 e. The summed E-state index contributed by atoms with van der Waals surface area (Å²) in [5.41, 5.74) is 2.07. The van der Waals surface area contributed by atoms with E-state index in [1.165, 1.54) is 24.3 Å². The van der Waals surface area contributed by atoms with E-state index in [2.05, 4.69) is 5.32 Å². The second kappa shape index (κ2) is 7.90. The summed E-state index contributed by atoms with van der Waals surface area (Å²) >= 11 is 5.78. The van der Waals surface area contributed by atoms with Gasteiger partial charge in [0.25, 0.3) is 5.91 Å². The van der Waals surface area contributed by atoms with Gasteiger partial charge in [0, 0.05) is 17.3 Å². The molecule has 0 saturated carbocycles. The zero-order chi connectivity index (χ0) is 19.4. The number of nitrogens with one attached hydrogen (secondary N) is 1. The second-order valence-corrected chi connectivity index (χ2v) is 6.23. The van der Waals surface area contributed by atoms with E-state index >= 15 is 0 Å². The van der Waals surface area contributed by atoms with E-state index in [9.17, 15) is 14.4 Å². The summed E-state index contributed by atoms with van der Waals surface area (Å²) in [7, 11) is 0. The van der Waals surface area contributed by atoms with Gasteiger partial charge in [-0.1, -0.05) is 23.7 Å². The van der Waals surface area contributed by atoms with Gasteiger partial charge in [0.1, 0.15) is 29.0 Å². The van der Waals surface area contributed by atoms with E-state index in [-0.39, 0.29) is 10.6 Å². The minimum absolute atomic E-state index is 0.0174. The van der Waals surface area contributed by atoms with E-state index in [1.54, 1.807) is 24.3 Å². The van der Waals surface area contributed by atoms with Crippen molar-refractivity contribution in [2.75, 3.05) is 5.32 Å². The molecule has 0 saturated heterocycles. The minimum Gasteiger partial charge on any atom is -0.457 e. The van der Waals surface area contributed by atoms with Crippen molar-refractivity contribution in [2.45, 2.75) is 6.92 Å². The number of benzene rings is 2. The van der Waals surface area contributed by atoms with Crippen LogP contribution in [0.3, 0.4) is 0 Å². The van der Waals surface area contributed by atoms with E-state index < -0.39 is 11.7 Å². The van der Waals surface area contributed by atoms with Crippen LogP contribution in [0.15, 0.2) is 64.6 Å². The summed E-state index contributed by atoms with van der Waals surface area (Å²) in [5.74, 6) is -0.293. The fourth-order valence-corrected chi connectivity index (χ4v) is 2.63. The van der Waals surface area contributed by atoms with Crippen LogP contribution in [0.25, 0.3) is 17.4 Å². The summed E-state index contributed by atoms with van der Waals surface area (Å²) < 4.78 is 18.9. The highest BCUT2D eigenvalue weighted by atomic mass is 35.5. The normalized spacial score (nSPS) is 11.1. The maximum atomic E-state index is 13.3. The third-order valence-corrected chi connectivity index (χ3v) is 4.05. The number of anilines is 1. The molecule has 0 aliphatic carbocycles. The second-order valence-electron chi connectivity index (χ2n) is 5.82. The highest BCUT2D eigenvalue weighted by Crippen LogP contribution is 2.27. The first kappa shape index (κ1) is 18.4. The Balaban J connectivity index is 1.82. The summed E-state index contributed by atoms with van der Waals surface area (Å²) in [6.45, 7) is 1.91. The molecule has 1 aromatic heterocycles. The third kappa shape index (κ3) is 4.43. The molecule has 27 heavy (non-hydrogen) atoms. The zero-order valence-electron chi connectivity index (χ0n) is 14.3. The number of rotatable bonds is 4. The molecule has 0 atom stereocenters. The van der Waals surface area contributed by atoms with Gasteiger partial charge in [0.2, 0.25) is 0 Å². The largest absolute Gasteiger partial charge is 0.457 e. The summed E-state index contributed by atoms with van der Waals surface area (Å²) in [4.78, 5) is 12.3. The molecule has 0 aliphatic heterocycles. The Bertz CT molecular complexity index is 1080. The van der Waals surface area contributed by atoms with Gasteiger partial charge in [-0.2, -0.15) is 5.26 Å². The maximum Gasteiger partial charge on any atom is 0.266 e. The molecule has 0 bridgehead atoms. The van der Waals surface area contributed by atoms with Gasteiger partial charge in [0.15, 0.2) is 0 Å². The number of aryl methyl sites for hydroxylation is 1. The Kier molecular flexibility index (Phi) is 5.39. The first-order valence-electron chi connectivity index (χ1n) is 8.01. The SMILES string of the molecule is Cc1cccc(NC(=O)/C(C#N)=C/c2ccc(-c3ccc(F)c(Cl)c3)o2)c1. The van der Waals surface area contributed by atoms with Gasteiger partial charge in [-0.3, -0.25) is 4.79 Å². The molecule has 1 heterocycles. The number of hydrogen-bond acceptors (Lipinski definition) is 3. The van der Waals surface area contributed by atoms with E-state index in [4.69, 9.17) is 16.0 Å². The molecule has 3 aromatic rings. The minimum atomic E-state index is -0.536. The number of furan rings is 1. The molecular formula is C21H14ClFN2O2. The molecule has 1 N–H and O–H groups in total. The number of hydrogen-bond donors (Lipinski definition) is 1. The fraction of sp³-hybridized carbons (Fsp3) is 0.0476. The standard InChI is InChI=1S/C21H14ClFN2O2/c1-13-3-2-4-16(9-13)25-21(26)15(12-24)10-17-6-8-20(27-17)14-5-7-19(23)18(22)11-14/h2-11H,1H3,(H,25,26)/b15-10+.